The molecule has 4 atom stereocenters. The number of carbonyl (C=O) groups is 3. The maximum atomic E-state index is 12.8. The van der Waals surface area contributed by atoms with Crippen molar-refractivity contribution in [2.45, 2.75) is 13.0 Å². The van der Waals surface area contributed by atoms with Crippen LogP contribution in [-0.4, -0.2) is 39.0 Å². The summed E-state index contributed by atoms with van der Waals surface area (Å²) in [6.07, 6.45) is 6.00. The lowest BCUT2D eigenvalue weighted by Crippen LogP contribution is -2.28. The Bertz CT molecular complexity index is 1240. The van der Waals surface area contributed by atoms with Crippen molar-refractivity contribution in [3.05, 3.63) is 81.4 Å². The van der Waals surface area contributed by atoms with Crippen LogP contribution in [0.25, 0.3) is 0 Å². The molecule has 1 aliphatic heterocycles. The van der Waals surface area contributed by atoms with Gasteiger partial charge in [0.1, 0.15) is 6.61 Å². The van der Waals surface area contributed by atoms with Gasteiger partial charge in [0.25, 0.3) is 11.8 Å². The molecule has 1 saturated heterocycles. The molecule has 10 nitrogen and oxygen atoms in total. The zero-order valence-electron chi connectivity index (χ0n) is 17.7. The highest BCUT2D eigenvalue weighted by Crippen LogP contribution is 2.52. The van der Waals surface area contributed by atoms with Crippen molar-refractivity contribution in [1.82, 2.24) is 5.01 Å². The molecule has 2 aromatic rings. The van der Waals surface area contributed by atoms with Crippen LogP contribution in [0.5, 0.6) is 5.75 Å². The third-order valence-electron chi connectivity index (χ3n) is 6.56. The van der Waals surface area contributed by atoms with Crippen molar-refractivity contribution in [2.75, 3.05) is 0 Å². The Labute approximate surface area is 193 Å². The van der Waals surface area contributed by atoms with E-state index >= 15 is 0 Å². The number of nitrogens with zero attached hydrogens (tertiary/aromatic N) is 3. The summed E-state index contributed by atoms with van der Waals surface area (Å²) in [5.41, 5.74) is 0.641. The number of hydrogen-bond acceptors (Lipinski definition) is 7. The van der Waals surface area contributed by atoms with Gasteiger partial charge in [-0.3, -0.25) is 19.7 Å². The van der Waals surface area contributed by atoms with Gasteiger partial charge in [-0.2, -0.15) is 10.1 Å². The van der Waals surface area contributed by atoms with E-state index in [0.717, 1.165) is 11.4 Å². The zero-order valence-corrected chi connectivity index (χ0v) is 17.7. The number of aromatic carboxylic acids is 1. The van der Waals surface area contributed by atoms with E-state index in [1.165, 1.54) is 36.5 Å². The SMILES string of the molecule is O=C(O)c1ccc(COc2c(C=NN3C(=O)C4C5C=CC(C5)C4C3=O)cccc2[N+](=O)[O-])cc1. The fourth-order valence-corrected chi connectivity index (χ4v) is 4.96. The van der Waals surface area contributed by atoms with Crippen molar-refractivity contribution in [1.29, 1.82) is 0 Å². The van der Waals surface area contributed by atoms with Gasteiger partial charge in [0.05, 0.1) is 28.5 Å². The number of nitro benzene ring substituents is 1. The van der Waals surface area contributed by atoms with Crippen molar-refractivity contribution < 1.29 is 29.2 Å². The highest BCUT2D eigenvalue weighted by atomic mass is 16.6. The van der Waals surface area contributed by atoms with E-state index in [-0.39, 0.29) is 52.8 Å². The first-order valence-corrected chi connectivity index (χ1v) is 10.7. The highest BCUT2D eigenvalue weighted by Gasteiger charge is 2.59. The van der Waals surface area contributed by atoms with Gasteiger partial charge in [0.2, 0.25) is 5.75 Å². The lowest BCUT2D eigenvalue weighted by atomic mass is 9.85. The number of carbonyl (C=O) groups excluding carboxylic acids is 2. The second kappa shape index (κ2) is 8.22. The maximum Gasteiger partial charge on any atom is 0.335 e. The van der Waals surface area contributed by atoms with Crippen molar-refractivity contribution >= 4 is 29.7 Å². The molecule has 34 heavy (non-hydrogen) atoms. The molecule has 0 spiro atoms. The molecule has 1 saturated carbocycles. The fraction of sp³-hybridized carbons (Fsp3) is 0.250. The maximum absolute atomic E-state index is 12.8. The van der Waals surface area contributed by atoms with E-state index in [4.69, 9.17) is 9.84 Å². The first-order valence-electron chi connectivity index (χ1n) is 10.7. The molecule has 2 aliphatic carbocycles. The van der Waals surface area contributed by atoms with Crippen LogP contribution >= 0.6 is 0 Å². The first-order chi connectivity index (χ1) is 16.3. The van der Waals surface area contributed by atoms with Crippen LogP contribution in [0.15, 0.2) is 59.7 Å². The normalized spacial score (nSPS) is 24.8. The summed E-state index contributed by atoms with van der Waals surface area (Å²) in [6, 6.07) is 10.2. The topological polar surface area (TPSA) is 139 Å². The van der Waals surface area contributed by atoms with E-state index in [0.29, 0.717) is 5.56 Å². The average molecular weight is 461 g/mol. The number of fused-ring (bicyclic) bond motifs is 5. The summed E-state index contributed by atoms with van der Waals surface area (Å²) in [5.74, 6) is -2.53. The summed E-state index contributed by atoms with van der Waals surface area (Å²) in [4.78, 5) is 47.6. The van der Waals surface area contributed by atoms with Gasteiger partial charge < -0.3 is 9.84 Å². The standard InChI is InChI=1S/C24H19N3O7/c28-22-19-15-8-9-16(10-15)20(19)23(29)26(22)25-11-17-2-1-3-18(27(32)33)21(17)34-12-13-4-6-14(7-5-13)24(30)31/h1-9,11,15-16,19-20H,10,12H2,(H,30,31). The van der Waals surface area contributed by atoms with Gasteiger partial charge in [0.15, 0.2) is 0 Å². The Morgan fingerprint density at radius 2 is 1.76 bits per heavy atom. The minimum Gasteiger partial charge on any atom is -0.481 e. The van der Waals surface area contributed by atoms with E-state index < -0.39 is 22.7 Å². The highest BCUT2D eigenvalue weighted by molar-refractivity contribution is 6.07. The lowest BCUT2D eigenvalue weighted by Gasteiger charge is -2.13. The summed E-state index contributed by atoms with van der Waals surface area (Å²) in [6.45, 7) is -0.0631. The molecule has 5 rings (SSSR count). The second-order valence-corrected chi connectivity index (χ2v) is 8.48. The molecule has 1 N–H and O–H groups in total. The van der Waals surface area contributed by atoms with Crippen LogP contribution in [0.3, 0.4) is 0 Å². The minimum atomic E-state index is -1.07. The molecule has 3 aliphatic rings. The van der Waals surface area contributed by atoms with Gasteiger partial charge in [-0.05, 0) is 42.0 Å². The monoisotopic (exact) mass is 461 g/mol. The van der Waals surface area contributed by atoms with Crippen LogP contribution < -0.4 is 4.74 Å². The molecule has 2 amide bonds. The fourth-order valence-electron chi connectivity index (χ4n) is 4.96. The number of allylic oxidation sites excluding steroid dienone is 2. The largest absolute Gasteiger partial charge is 0.481 e. The summed E-state index contributed by atoms with van der Waals surface area (Å²) < 4.78 is 5.72. The van der Waals surface area contributed by atoms with Gasteiger partial charge in [0, 0.05) is 11.6 Å². The third kappa shape index (κ3) is 3.53. The third-order valence-corrected chi connectivity index (χ3v) is 6.56. The van der Waals surface area contributed by atoms with Crippen LogP contribution in [0.2, 0.25) is 0 Å². The number of hydrogen-bond donors (Lipinski definition) is 1. The second-order valence-electron chi connectivity index (χ2n) is 8.48. The predicted molar refractivity (Wildman–Crippen MR) is 118 cm³/mol. The minimum absolute atomic E-state index is 0.0517. The molecule has 4 unspecified atom stereocenters. The number of benzene rings is 2. The molecule has 10 heteroatoms. The Kier molecular flexibility index (Phi) is 5.20. The zero-order chi connectivity index (χ0) is 24.0. The number of hydrazone groups is 1. The molecule has 2 fully saturated rings. The number of para-hydroxylation sites is 1. The van der Waals surface area contributed by atoms with Gasteiger partial charge in [-0.1, -0.05) is 30.4 Å². The summed E-state index contributed by atoms with van der Waals surface area (Å²) in [5, 5.41) is 25.5. The number of imide groups is 1. The summed E-state index contributed by atoms with van der Waals surface area (Å²) >= 11 is 0. The number of nitro groups is 1. The summed E-state index contributed by atoms with van der Waals surface area (Å²) in [7, 11) is 0. The quantitative estimate of drug-likeness (QED) is 0.220. The average Bonchev–Trinajstić information content (AvgIpc) is 3.51. The predicted octanol–water partition coefficient (Wildman–Crippen LogP) is 3.01. The number of carboxylic acid groups (broad SMARTS) is 1. The first kappa shape index (κ1) is 21.5. The van der Waals surface area contributed by atoms with E-state index in [2.05, 4.69) is 5.10 Å². The van der Waals surface area contributed by atoms with Crippen LogP contribution in [0, 0.1) is 33.8 Å². The van der Waals surface area contributed by atoms with Gasteiger partial charge >= 0.3 is 11.7 Å². The number of ether oxygens (including phenoxy) is 1. The number of carboxylic acids is 1. The molecule has 2 aromatic carbocycles. The number of amides is 2. The Balaban J connectivity index is 1.39. The molecule has 0 radical (unpaired) electrons. The van der Waals surface area contributed by atoms with Crippen molar-refractivity contribution in [2.24, 2.45) is 28.8 Å². The lowest BCUT2D eigenvalue weighted by molar-refractivity contribution is -0.386. The molecule has 2 bridgehead atoms. The van der Waals surface area contributed by atoms with Crippen LogP contribution in [0.1, 0.15) is 27.9 Å². The number of rotatable bonds is 7. The smallest absolute Gasteiger partial charge is 0.335 e. The molecule has 0 aromatic heterocycles. The van der Waals surface area contributed by atoms with Crippen LogP contribution in [-0.2, 0) is 16.2 Å². The van der Waals surface area contributed by atoms with E-state index in [9.17, 15) is 24.5 Å². The van der Waals surface area contributed by atoms with Gasteiger partial charge in [-0.25, -0.2) is 4.79 Å². The molecular weight excluding hydrogens is 442 g/mol. The molecule has 1 heterocycles. The van der Waals surface area contributed by atoms with Gasteiger partial charge in [-0.15, -0.1) is 0 Å². The molecular formula is C24H19N3O7. The van der Waals surface area contributed by atoms with E-state index in [1.807, 2.05) is 12.2 Å². The van der Waals surface area contributed by atoms with Crippen molar-refractivity contribution in [3.8, 4) is 5.75 Å². The Morgan fingerprint density at radius 1 is 1.12 bits per heavy atom. The van der Waals surface area contributed by atoms with Crippen LogP contribution in [0.4, 0.5) is 5.69 Å². The Morgan fingerprint density at radius 3 is 2.35 bits per heavy atom. The van der Waals surface area contributed by atoms with Crippen molar-refractivity contribution in [3.63, 3.8) is 0 Å². The molecule has 172 valence electrons. The van der Waals surface area contributed by atoms with E-state index in [1.54, 1.807) is 12.1 Å². The Hall–Kier alpha value is -4.34.